The van der Waals surface area contributed by atoms with Gasteiger partial charge in [0.15, 0.2) is 5.78 Å². The van der Waals surface area contributed by atoms with E-state index < -0.39 is 11.9 Å². The molecule has 0 radical (unpaired) electrons. The van der Waals surface area contributed by atoms with Crippen LogP contribution in [0.5, 0.6) is 0 Å². The van der Waals surface area contributed by atoms with Crippen LogP contribution in [0.15, 0.2) is 11.1 Å². The molecule has 0 saturated heterocycles. The summed E-state index contributed by atoms with van der Waals surface area (Å²) in [6, 6.07) is 0.246. The summed E-state index contributed by atoms with van der Waals surface area (Å²) in [5.41, 5.74) is 7.91. The molecule has 4 rings (SSSR count). The van der Waals surface area contributed by atoms with Gasteiger partial charge in [-0.1, -0.05) is 5.57 Å². The van der Waals surface area contributed by atoms with Crippen LogP contribution in [-0.4, -0.2) is 45.5 Å². The lowest BCUT2D eigenvalue weighted by atomic mass is 9.79. The van der Waals surface area contributed by atoms with Gasteiger partial charge < -0.3 is 15.9 Å². The molecule has 3 fully saturated rings. The van der Waals surface area contributed by atoms with Crippen molar-refractivity contribution in [2.45, 2.75) is 103 Å². The summed E-state index contributed by atoms with van der Waals surface area (Å²) >= 11 is 0. The number of hydrogen-bond donors (Lipinski definition) is 3. The fourth-order valence-electron chi connectivity index (χ4n) is 5.28. The maximum atomic E-state index is 11.4. The number of rotatable bonds is 4. The highest BCUT2D eigenvalue weighted by Crippen LogP contribution is 2.36. The van der Waals surface area contributed by atoms with Gasteiger partial charge in [0.2, 0.25) is 0 Å². The van der Waals surface area contributed by atoms with Crippen LogP contribution in [0.2, 0.25) is 0 Å². The second kappa shape index (κ2) is 13.7. The number of carbonyl (C=O) groups is 5. The van der Waals surface area contributed by atoms with E-state index in [4.69, 9.17) is 15.9 Å². The van der Waals surface area contributed by atoms with E-state index in [-0.39, 0.29) is 35.4 Å². The van der Waals surface area contributed by atoms with Gasteiger partial charge in [-0.15, -0.1) is 0 Å². The molecule has 0 atom stereocenters. The van der Waals surface area contributed by atoms with Gasteiger partial charge in [0.25, 0.3) is 0 Å². The van der Waals surface area contributed by atoms with Crippen molar-refractivity contribution in [1.82, 2.24) is 0 Å². The standard InChI is InChI=1S/C14H20O3.C7H13NO2.C6H8O2/c1-9-12(6-7-13(9)15)8-10-2-4-11(5-3-10)14(16)17;8-6-3-1-5(2-4-6)7(9)10;1-4-5(7)2-3-6(4)8/h10-11H,2-8H2,1H3,(H,16,17);5-6H,1-4,8H2,(H,9,10);4H,2-3H2,1H3. The second-order valence-electron chi connectivity index (χ2n) is 10.5. The average molecular weight is 492 g/mol. The van der Waals surface area contributed by atoms with Crippen molar-refractivity contribution >= 4 is 29.3 Å². The van der Waals surface area contributed by atoms with E-state index in [2.05, 4.69) is 0 Å². The Balaban J connectivity index is 0.000000204. The fourth-order valence-corrected chi connectivity index (χ4v) is 5.28. The zero-order valence-corrected chi connectivity index (χ0v) is 21.1. The molecule has 4 aliphatic carbocycles. The van der Waals surface area contributed by atoms with E-state index in [0.29, 0.717) is 31.0 Å². The van der Waals surface area contributed by atoms with Crippen molar-refractivity contribution in [1.29, 1.82) is 0 Å². The van der Waals surface area contributed by atoms with Gasteiger partial charge in [-0.05, 0) is 89.5 Å². The number of nitrogens with two attached hydrogens (primary N) is 1. The molecule has 0 aliphatic heterocycles. The highest BCUT2D eigenvalue weighted by atomic mass is 16.4. The maximum absolute atomic E-state index is 11.4. The predicted molar refractivity (Wildman–Crippen MR) is 131 cm³/mol. The Bertz CT molecular complexity index is 814. The fraction of sp³-hybridized carbons (Fsp3) is 0.741. The highest BCUT2D eigenvalue weighted by molar-refractivity contribution is 6.08. The molecule has 4 aliphatic rings. The molecule has 3 saturated carbocycles. The molecular weight excluding hydrogens is 450 g/mol. The van der Waals surface area contributed by atoms with E-state index in [9.17, 15) is 24.0 Å². The number of allylic oxidation sites excluding steroid dienone is 2. The quantitative estimate of drug-likeness (QED) is 0.497. The molecule has 8 heteroatoms. The van der Waals surface area contributed by atoms with E-state index in [1.165, 1.54) is 5.57 Å². The smallest absolute Gasteiger partial charge is 0.306 e. The minimum Gasteiger partial charge on any atom is -0.481 e. The summed E-state index contributed by atoms with van der Waals surface area (Å²) in [5, 5.41) is 17.5. The number of ketones is 3. The zero-order valence-electron chi connectivity index (χ0n) is 21.1. The van der Waals surface area contributed by atoms with Crippen LogP contribution in [0.25, 0.3) is 0 Å². The number of aliphatic carboxylic acids is 2. The molecule has 0 heterocycles. The van der Waals surface area contributed by atoms with Gasteiger partial charge in [-0.2, -0.15) is 0 Å². The molecular formula is C27H41NO7. The topological polar surface area (TPSA) is 152 Å². The van der Waals surface area contributed by atoms with Gasteiger partial charge in [0.05, 0.1) is 17.8 Å². The number of hydrogen-bond acceptors (Lipinski definition) is 6. The molecule has 0 unspecified atom stereocenters. The lowest BCUT2D eigenvalue weighted by Gasteiger charge is -2.26. The number of Topliss-reactive ketones (excluding diaryl/α,β-unsaturated/α-hetero) is 3. The third-order valence-electron chi connectivity index (χ3n) is 8.04. The molecule has 0 aromatic carbocycles. The number of carbonyl (C=O) groups excluding carboxylic acids is 3. The monoisotopic (exact) mass is 491 g/mol. The number of carboxylic acid groups (broad SMARTS) is 2. The van der Waals surface area contributed by atoms with Gasteiger partial charge >= 0.3 is 11.9 Å². The normalized spacial score (nSPS) is 29.3. The highest BCUT2D eigenvalue weighted by Gasteiger charge is 2.29. The van der Waals surface area contributed by atoms with Crippen molar-refractivity contribution < 1.29 is 34.2 Å². The first kappa shape index (κ1) is 28.9. The van der Waals surface area contributed by atoms with Crippen molar-refractivity contribution in [2.75, 3.05) is 0 Å². The summed E-state index contributed by atoms with van der Waals surface area (Å²) in [7, 11) is 0. The first-order chi connectivity index (χ1) is 16.5. The molecule has 0 amide bonds. The maximum Gasteiger partial charge on any atom is 0.306 e. The van der Waals surface area contributed by atoms with Gasteiger partial charge in [-0.25, -0.2) is 0 Å². The molecule has 0 aromatic rings. The van der Waals surface area contributed by atoms with Crippen LogP contribution in [0, 0.1) is 23.7 Å². The SMILES string of the molecule is CC1=C(CC2CCC(C(=O)O)CC2)CCC1=O.CC1C(=O)CCC1=O.NC1CCC(C(=O)O)CC1. The van der Waals surface area contributed by atoms with Crippen LogP contribution < -0.4 is 5.73 Å². The third kappa shape index (κ3) is 8.98. The first-order valence-corrected chi connectivity index (χ1v) is 13.0. The summed E-state index contributed by atoms with van der Waals surface area (Å²) in [4.78, 5) is 53.8. The summed E-state index contributed by atoms with van der Waals surface area (Å²) in [5.74, 6) is -0.742. The Morgan fingerprint density at radius 2 is 1.23 bits per heavy atom. The van der Waals surface area contributed by atoms with Crippen LogP contribution in [-0.2, 0) is 24.0 Å². The molecule has 0 bridgehead atoms. The minimum absolute atomic E-state index is 0.106. The Hall–Kier alpha value is -2.35. The Kier molecular flexibility index (Phi) is 11.3. The largest absolute Gasteiger partial charge is 0.481 e. The number of carboxylic acids is 2. The summed E-state index contributed by atoms with van der Waals surface area (Å²) in [6.07, 6.45) is 10.5. The van der Waals surface area contributed by atoms with Crippen LogP contribution in [0.1, 0.15) is 97.3 Å². The molecule has 8 nitrogen and oxygen atoms in total. The van der Waals surface area contributed by atoms with Crippen LogP contribution in [0.4, 0.5) is 0 Å². The molecule has 0 spiro atoms. The van der Waals surface area contributed by atoms with Gasteiger partial charge in [0.1, 0.15) is 11.6 Å². The second-order valence-corrected chi connectivity index (χ2v) is 10.5. The van der Waals surface area contributed by atoms with Gasteiger partial charge in [0, 0.05) is 25.3 Å². The summed E-state index contributed by atoms with van der Waals surface area (Å²) in [6.45, 7) is 3.62. The zero-order chi connectivity index (χ0) is 26.1. The average Bonchev–Trinajstić information content (AvgIpc) is 3.30. The van der Waals surface area contributed by atoms with E-state index in [1.807, 2.05) is 6.92 Å². The van der Waals surface area contributed by atoms with Gasteiger partial charge in [-0.3, -0.25) is 24.0 Å². The van der Waals surface area contributed by atoms with Crippen LogP contribution in [0.3, 0.4) is 0 Å². The van der Waals surface area contributed by atoms with Crippen molar-refractivity contribution in [3.05, 3.63) is 11.1 Å². The minimum atomic E-state index is -0.660. The van der Waals surface area contributed by atoms with E-state index in [1.54, 1.807) is 6.92 Å². The molecule has 0 aromatic heterocycles. The van der Waals surface area contributed by atoms with E-state index in [0.717, 1.165) is 69.8 Å². The third-order valence-corrected chi connectivity index (χ3v) is 8.04. The first-order valence-electron chi connectivity index (χ1n) is 13.0. The predicted octanol–water partition coefficient (Wildman–Crippen LogP) is 4.09. The molecule has 196 valence electrons. The van der Waals surface area contributed by atoms with Crippen molar-refractivity contribution in [2.24, 2.45) is 29.4 Å². The van der Waals surface area contributed by atoms with Crippen molar-refractivity contribution in [3.63, 3.8) is 0 Å². The van der Waals surface area contributed by atoms with E-state index >= 15 is 0 Å². The Morgan fingerprint density at radius 1 is 0.771 bits per heavy atom. The van der Waals surface area contributed by atoms with Crippen LogP contribution >= 0.6 is 0 Å². The lowest BCUT2D eigenvalue weighted by Crippen LogP contribution is -2.29. The molecule has 4 N–H and O–H groups in total. The summed E-state index contributed by atoms with van der Waals surface area (Å²) < 4.78 is 0. The Morgan fingerprint density at radius 3 is 1.57 bits per heavy atom. The molecule has 35 heavy (non-hydrogen) atoms. The Labute approximate surface area is 207 Å². The lowest BCUT2D eigenvalue weighted by molar-refractivity contribution is -0.143. The van der Waals surface area contributed by atoms with Crippen molar-refractivity contribution in [3.8, 4) is 0 Å².